The molecule has 6 nitrogen and oxygen atoms in total. The summed E-state index contributed by atoms with van der Waals surface area (Å²) in [6.07, 6.45) is 2.52. The summed E-state index contributed by atoms with van der Waals surface area (Å²) in [5, 5.41) is 17.4. The second-order valence-corrected chi connectivity index (χ2v) is 5.07. The van der Waals surface area contributed by atoms with Crippen LogP contribution in [0, 0.1) is 0 Å². The number of thiophene rings is 1. The highest BCUT2D eigenvalue weighted by Crippen LogP contribution is 2.08. The Morgan fingerprint density at radius 3 is 3.05 bits per heavy atom. The van der Waals surface area contributed by atoms with Gasteiger partial charge in [0.2, 0.25) is 0 Å². The van der Waals surface area contributed by atoms with E-state index in [4.69, 9.17) is 0 Å². The molecule has 0 radical (unpaired) electrons. The molecule has 0 unspecified atom stereocenters. The van der Waals surface area contributed by atoms with Crippen molar-refractivity contribution in [1.82, 2.24) is 20.3 Å². The number of amides is 2. The molecule has 2 heterocycles. The molecule has 0 aliphatic carbocycles. The van der Waals surface area contributed by atoms with E-state index in [9.17, 15) is 4.79 Å². The predicted molar refractivity (Wildman–Crippen MR) is 75.3 cm³/mol. The molecule has 102 valence electrons. The fraction of sp³-hybridized carbons (Fsp3) is 0.417. The van der Waals surface area contributed by atoms with Gasteiger partial charge in [-0.15, -0.1) is 5.10 Å². The molecule has 0 fully saturated rings. The number of nitrogens with zero attached hydrogens (tertiary/aromatic N) is 3. The number of urea groups is 1. The van der Waals surface area contributed by atoms with Gasteiger partial charge in [-0.2, -0.15) is 11.3 Å². The zero-order chi connectivity index (χ0) is 13.7. The van der Waals surface area contributed by atoms with Crippen LogP contribution in [0.4, 0.5) is 10.6 Å². The highest BCUT2D eigenvalue weighted by Gasteiger charge is 2.10. The predicted octanol–water partition coefficient (Wildman–Crippen LogP) is 2.11. The first-order valence-corrected chi connectivity index (χ1v) is 7.10. The molecule has 0 saturated heterocycles. The maximum absolute atomic E-state index is 11.8. The number of carbonyl (C=O) groups excluding carboxylic acids is 1. The van der Waals surface area contributed by atoms with E-state index in [1.807, 2.05) is 19.2 Å². The molecule has 19 heavy (non-hydrogen) atoms. The number of aromatic nitrogens is 3. The van der Waals surface area contributed by atoms with Crippen LogP contribution in [-0.4, -0.2) is 27.1 Å². The molecular weight excluding hydrogens is 262 g/mol. The summed E-state index contributed by atoms with van der Waals surface area (Å²) >= 11 is 1.66. The van der Waals surface area contributed by atoms with Crippen LogP contribution in [0.15, 0.2) is 23.0 Å². The van der Waals surface area contributed by atoms with E-state index in [0.717, 1.165) is 13.0 Å². The number of anilines is 1. The average Bonchev–Trinajstić information content (AvgIpc) is 3.00. The molecule has 0 aliphatic heterocycles. The Morgan fingerprint density at radius 1 is 1.58 bits per heavy atom. The van der Waals surface area contributed by atoms with E-state index in [0.29, 0.717) is 5.82 Å². The molecule has 7 heteroatoms. The second-order valence-electron chi connectivity index (χ2n) is 4.29. The third-order valence-corrected chi connectivity index (χ3v) is 3.34. The number of rotatable bonds is 5. The minimum atomic E-state index is -0.258. The van der Waals surface area contributed by atoms with Gasteiger partial charge in [0.05, 0.1) is 6.20 Å². The highest BCUT2D eigenvalue weighted by atomic mass is 32.1. The molecule has 2 aromatic rings. The van der Waals surface area contributed by atoms with Crippen molar-refractivity contribution in [2.45, 2.75) is 32.9 Å². The Kier molecular flexibility index (Phi) is 4.51. The molecule has 2 rings (SSSR count). The summed E-state index contributed by atoms with van der Waals surface area (Å²) < 4.78 is 1.66. The van der Waals surface area contributed by atoms with Gasteiger partial charge < -0.3 is 5.32 Å². The first-order chi connectivity index (χ1) is 9.17. The molecule has 0 aliphatic rings. The van der Waals surface area contributed by atoms with Crippen molar-refractivity contribution in [1.29, 1.82) is 0 Å². The van der Waals surface area contributed by atoms with E-state index in [1.54, 1.807) is 22.2 Å². The second kappa shape index (κ2) is 6.33. The molecule has 1 atom stereocenters. The van der Waals surface area contributed by atoms with E-state index in [-0.39, 0.29) is 12.1 Å². The van der Waals surface area contributed by atoms with Crippen LogP contribution in [0.25, 0.3) is 0 Å². The van der Waals surface area contributed by atoms with Gasteiger partial charge >= 0.3 is 6.03 Å². The normalized spacial score (nSPS) is 12.1. The molecule has 0 saturated carbocycles. The summed E-state index contributed by atoms with van der Waals surface area (Å²) in [7, 11) is 0. The Morgan fingerprint density at radius 2 is 2.42 bits per heavy atom. The van der Waals surface area contributed by atoms with Crippen molar-refractivity contribution < 1.29 is 4.79 Å². The van der Waals surface area contributed by atoms with Crippen LogP contribution in [-0.2, 0) is 13.0 Å². The topological polar surface area (TPSA) is 71.8 Å². The molecule has 0 aromatic carbocycles. The van der Waals surface area contributed by atoms with E-state index < -0.39 is 0 Å². The number of carbonyl (C=O) groups is 1. The summed E-state index contributed by atoms with van der Waals surface area (Å²) in [5.74, 6) is 0.460. The standard InChI is InChI=1S/C12H17N5OS/c1-3-17-7-11(15-16-17)14-12(18)13-9(2)6-10-4-5-19-8-10/h4-5,7-9H,3,6H2,1-2H3,(H2,13,14,18)/t9-/m1/s1. The van der Waals surface area contributed by atoms with E-state index >= 15 is 0 Å². The van der Waals surface area contributed by atoms with Gasteiger partial charge in [0.25, 0.3) is 0 Å². The van der Waals surface area contributed by atoms with Crippen molar-refractivity contribution in [3.8, 4) is 0 Å². The van der Waals surface area contributed by atoms with Crippen molar-refractivity contribution in [2.24, 2.45) is 0 Å². The van der Waals surface area contributed by atoms with Gasteiger partial charge in [-0.1, -0.05) is 5.21 Å². The molecule has 0 spiro atoms. The summed E-state index contributed by atoms with van der Waals surface area (Å²) in [6, 6.07) is 1.87. The van der Waals surface area contributed by atoms with E-state index in [1.165, 1.54) is 5.56 Å². The lowest BCUT2D eigenvalue weighted by molar-refractivity contribution is 0.249. The van der Waals surface area contributed by atoms with Crippen LogP contribution >= 0.6 is 11.3 Å². The first-order valence-electron chi connectivity index (χ1n) is 6.16. The van der Waals surface area contributed by atoms with E-state index in [2.05, 4.69) is 32.4 Å². The van der Waals surface area contributed by atoms with Crippen LogP contribution in [0.5, 0.6) is 0 Å². The van der Waals surface area contributed by atoms with Crippen molar-refractivity contribution >= 4 is 23.2 Å². The van der Waals surface area contributed by atoms with Crippen molar-refractivity contribution in [3.05, 3.63) is 28.6 Å². The lowest BCUT2D eigenvalue weighted by Crippen LogP contribution is -2.37. The molecular formula is C12H17N5OS. The molecule has 2 aromatic heterocycles. The van der Waals surface area contributed by atoms with Crippen LogP contribution in [0.1, 0.15) is 19.4 Å². The lowest BCUT2D eigenvalue weighted by atomic mass is 10.1. The number of nitrogens with one attached hydrogen (secondary N) is 2. The van der Waals surface area contributed by atoms with Gasteiger partial charge in [-0.05, 0) is 42.7 Å². The number of hydrogen-bond acceptors (Lipinski definition) is 4. The monoisotopic (exact) mass is 279 g/mol. The smallest absolute Gasteiger partial charge is 0.320 e. The van der Waals surface area contributed by atoms with Gasteiger partial charge in [0.15, 0.2) is 5.82 Å². The lowest BCUT2D eigenvalue weighted by Gasteiger charge is -2.12. The quantitative estimate of drug-likeness (QED) is 0.880. The third-order valence-electron chi connectivity index (χ3n) is 2.60. The van der Waals surface area contributed by atoms with Crippen LogP contribution in [0.2, 0.25) is 0 Å². The Hall–Kier alpha value is -1.89. The minimum Gasteiger partial charge on any atom is -0.335 e. The Bertz CT molecular complexity index is 522. The Labute approximate surface area is 115 Å². The molecule has 2 N–H and O–H groups in total. The number of aryl methyl sites for hydroxylation is 1. The summed E-state index contributed by atoms with van der Waals surface area (Å²) in [5.41, 5.74) is 1.23. The molecule has 2 amide bonds. The number of hydrogen-bond donors (Lipinski definition) is 2. The highest BCUT2D eigenvalue weighted by molar-refractivity contribution is 7.07. The first kappa shape index (κ1) is 13.5. The van der Waals surface area contributed by atoms with Crippen LogP contribution < -0.4 is 10.6 Å². The maximum Gasteiger partial charge on any atom is 0.320 e. The van der Waals surface area contributed by atoms with Gasteiger partial charge in [-0.25, -0.2) is 4.79 Å². The Balaban J connectivity index is 1.80. The maximum atomic E-state index is 11.8. The largest absolute Gasteiger partial charge is 0.335 e. The third kappa shape index (κ3) is 4.06. The summed E-state index contributed by atoms with van der Waals surface area (Å²) in [4.78, 5) is 11.8. The minimum absolute atomic E-state index is 0.0656. The van der Waals surface area contributed by atoms with Gasteiger partial charge in [0.1, 0.15) is 0 Å². The zero-order valence-electron chi connectivity index (χ0n) is 11.0. The summed E-state index contributed by atoms with van der Waals surface area (Å²) in [6.45, 7) is 4.66. The SMILES string of the molecule is CCn1cc(NC(=O)N[C@H](C)Cc2ccsc2)nn1. The van der Waals surface area contributed by atoms with Gasteiger partial charge in [0, 0.05) is 12.6 Å². The zero-order valence-corrected chi connectivity index (χ0v) is 11.8. The van der Waals surface area contributed by atoms with Crippen molar-refractivity contribution in [3.63, 3.8) is 0 Å². The fourth-order valence-electron chi connectivity index (χ4n) is 1.70. The van der Waals surface area contributed by atoms with Gasteiger partial charge in [-0.3, -0.25) is 10.00 Å². The molecule has 0 bridgehead atoms. The fourth-order valence-corrected chi connectivity index (χ4v) is 2.38. The average molecular weight is 279 g/mol. The van der Waals surface area contributed by atoms with Crippen molar-refractivity contribution in [2.75, 3.05) is 5.32 Å². The van der Waals surface area contributed by atoms with Crippen LogP contribution in [0.3, 0.4) is 0 Å².